The van der Waals surface area contributed by atoms with Crippen LogP contribution < -0.4 is 0 Å². The third-order valence-electron chi connectivity index (χ3n) is 7.30. The predicted octanol–water partition coefficient (Wildman–Crippen LogP) is 9.28. The molecule has 34 heavy (non-hydrogen) atoms. The molecule has 0 amide bonds. The first kappa shape index (κ1) is 26.1. The van der Waals surface area contributed by atoms with Crippen LogP contribution in [0.4, 0.5) is 0 Å². The van der Waals surface area contributed by atoms with E-state index < -0.39 is 0 Å². The summed E-state index contributed by atoms with van der Waals surface area (Å²) in [6.45, 7) is 6.08. The Morgan fingerprint density at radius 3 is 2.03 bits per heavy atom. The highest BCUT2D eigenvalue weighted by atomic mass is 15.2. The molecule has 0 aliphatic heterocycles. The minimum atomic E-state index is 0.738. The Balaban J connectivity index is 1.39. The number of benzene rings is 2. The summed E-state index contributed by atoms with van der Waals surface area (Å²) in [5.41, 5.74) is 5.09. The van der Waals surface area contributed by atoms with Gasteiger partial charge in [0, 0.05) is 0 Å². The highest BCUT2D eigenvalue weighted by Crippen LogP contribution is 2.37. The van der Waals surface area contributed by atoms with E-state index in [-0.39, 0.29) is 0 Å². The molecule has 0 heterocycles. The van der Waals surface area contributed by atoms with Gasteiger partial charge >= 0.3 is 0 Å². The lowest BCUT2D eigenvalue weighted by Crippen LogP contribution is -2.13. The number of nitrogens with zero attached hydrogens (tertiary/aromatic N) is 2. The van der Waals surface area contributed by atoms with Crippen LogP contribution in [0.5, 0.6) is 0 Å². The van der Waals surface area contributed by atoms with Crippen molar-refractivity contribution in [3.8, 4) is 0 Å². The van der Waals surface area contributed by atoms with Gasteiger partial charge in [-0.15, -0.1) is 6.58 Å². The zero-order chi connectivity index (χ0) is 23.8. The number of aryl methyl sites for hydroxylation is 1. The quantitative estimate of drug-likeness (QED) is 0.117. The summed E-state index contributed by atoms with van der Waals surface area (Å²) in [7, 11) is 0. The molecule has 2 heteroatoms. The molecule has 2 aromatic carbocycles. The summed E-state index contributed by atoms with van der Waals surface area (Å²) < 4.78 is 0. The summed E-state index contributed by atoms with van der Waals surface area (Å²) in [4.78, 5) is 0. The summed E-state index contributed by atoms with van der Waals surface area (Å²) in [6.07, 6.45) is 22.8. The van der Waals surface area contributed by atoms with E-state index in [0.29, 0.717) is 0 Å². The van der Waals surface area contributed by atoms with Gasteiger partial charge in [0.05, 0.1) is 12.4 Å². The molecule has 0 bridgehead atoms. The van der Waals surface area contributed by atoms with Gasteiger partial charge in [0.25, 0.3) is 0 Å². The van der Waals surface area contributed by atoms with Gasteiger partial charge in [-0.05, 0) is 85.5 Å². The van der Waals surface area contributed by atoms with Gasteiger partial charge in [0.2, 0.25) is 0 Å². The van der Waals surface area contributed by atoms with E-state index in [2.05, 4.69) is 72.2 Å². The van der Waals surface area contributed by atoms with Crippen LogP contribution in [0, 0.1) is 5.92 Å². The lowest BCUT2D eigenvalue weighted by atomic mass is 9.77. The molecule has 0 saturated heterocycles. The van der Waals surface area contributed by atoms with Crippen LogP contribution in [0.15, 0.2) is 71.4 Å². The SMILES string of the molecule is C=CCCCCCc1ccc(/C=N/N=C/c2ccc(C3CCC(CCCCC)CC3)cc2)cc1. The van der Waals surface area contributed by atoms with Gasteiger partial charge in [-0.2, -0.15) is 10.2 Å². The lowest BCUT2D eigenvalue weighted by molar-refractivity contribution is 0.303. The van der Waals surface area contributed by atoms with E-state index >= 15 is 0 Å². The van der Waals surface area contributed by atoms with E-state index in [0.717, 1.165) is 35.8 Å². The molecule has 0 aromatic heterocycles. The molecule has 3 rings (SSSR count). The van der Waals surface area contributed by atoms with E-state index in [9.17, 15) is 0 Å². The summed E-state index contributed by atoms with van der Waals surface area (Å²) in [5.74, 6) is 1.71. The van der Waals surface area contributed by atoms with Crippen LogP contribution in [0.2, 0.25) is 0 Å². The fourth-order valence-electron chi connectivity index (χ4n) is 5.09. The zero-order valence-electron chi connectivity index (χ0n) is 21.3. The fourth-order valence-corrected chi connectivity index (χ4v) is 5.09. The molecule has 1 fully saturated rings. The molecule has 0 N–H and O–H groups in total. The van der Waals surface area contributed by atoms with Crippen LogP contribution in [0.3, 0.4) is 0 Å². The van der Waals surface area contributed by atoms with Crippen molar-refractivity contribution in [1.82, 2.24) is 0 Å². The molecular formula is C32H44N2. The minimum Gasteiger partial charge on any atom is -0.159 e. The second kappa shape index (κ2) is 15.4. The number of allylic oxidation sites excluding steroid dienone is 1. The Hall–Kier alpha value is -2.48. The number of hydrogen-bond acceptors (Lipinski definition) is 2. The van der Waals surface area contributed by atoms with Gasteiger partial charge in [-0.1, -0.05) is 93.6 Å². The van der Waals surface area contributed by atoms with Crippen molar-refractivity contribution < 1.29 is 0 Å². The fraction of sp³-hybridized carbons (Fsp3) is 0.500. The summed E-state index contributed by atoms with van der Waals surface area (Å²) in [5, 5.41) is 8.51. The Morgan fingerprint density at radius 1 is 0.765 bits per heavy atom. The van der Waals surface area contributed by atoms with E-state index in [4.69, 9.17) is 0 Å². The molecule has 0 spiro atoms. The first-order valence-electron chi connectivity index (χ1n) is 13.6. The lowest BCUT2D eigenvalue weighted by Gasteiger charge is -2.29. The summed E-state index contributed by atoms with van der Waals surface area (Å²) >= 11 is 0. The maximum atomic E-state index is 4.26. The van der Waals surface area contributed by atoms with Crippen LogP contribution in [0.1, 0.15) is 112 Å². The zero-order valence-corrected chi connectivity index (χ0v) is 21.3. The Kier molecular flexibility index (Phi) is 11.9. The van der Waals surface area contributed by atoms with E-state index in [1.165, 1.54) is 81.8 Å². The molecule has 182 valence electrons. The first-order valence-corrected chi connectivity index (χ1v) is 13.6. The maximum Gasteiger partial charge on any atom is 0.0568 e. The topological polar surface area (TPSA) is 24.7 Å². The van der Waals surface area contributed by atoms with Crippen molar-refractivity contribution in [3.05, 3.63) is 83.4 Å². The molecule has 0 radical (unpaired) electrons. The maximum absolute atomic E-state index is 4.26. The van der Waals surface area contributed by atoms with Gasteiger partial charge in [-0.3, -0.25) is 0 Å². The van der Waals surface area contributed by atoms with Crippen molar-refractivity contribution in [2.75, 3.05) is 0 Å². The third kappa shape index (κ3) is 9.41. The van der Waals surface area contributed by atoms with Crippen molar-refractivity contribution >= 4 is 12.4 Å². The average molecular weight is 457 g/mol. The number of hydrogen-bond donors (Lipinski definition) is 0. The predicted molar refractivity (Wildman–Crippen MR) is 149 cm³/mol. The van der Waals surface area contributed by atoms with Gasteiger partial charge in [0.1, 0.15) is 0 Å². The highest BCUT2D eigenvalue weighted by molar-refractivity contribution is 5.82. The van der Waals surface area contributed by atoms with Crippen molar-refractivity contribution in [2.24, 2.45) is 16.1 Å². The van der Waals surface area contributed by atoms with Crippen molar-refractivity contribution in [2.45, 2.75) is 96.3 Å². The molecule has 0 unspecified atom stereocenters. The van der Waals surface area contributed by atoms with Gasteiger partial charge < -0.3 is 0 Å². The molecule has 1 saturated carbocycles. The Morgan fingerprint density at radius 2 is 1.41 bits per heavy atom. The second-order valence-corrected chi connectivity index (χ2v) is 10.00. The smallest absolute Gasteiger partial charge is 0.0568 e. The van der Waals surface area contributed by atoms with Crippen LogP contribution in [0.25, 0.3) is 0 Å². The summed E-state index contributed by atoms with van der Waals surface area (Å²) in [6, 6.07) is 17.6. The number of rotatable bonds is 14. The van der Waals surface area contributed by atoms with Crippen LogP contribution in [-0.4, -0.2) is 12.4 Å². The highest BCUT2D eigenvalue weighted by Gasteiger charge is 2.21. The average Bonchev–Trinajstić information content (AvgIpc) is 2.88. The molecule has 1 aliphatic rings. The molecule has 1 aliphatic carbocycles. The Labute approximate surface area is 208 Å². The molecule has 2 nitrogen and oxygen atoms in total. The molecule has 2 aromatic rings. The second-order valence-electron chi connectivity index (χ2n) is 10.00. The first-order chi connectivity index (χ1) is 16.8. The Bertz CT molecular complexity index is 868. The van der Waals surface area contributed by atoms with Gasteiger partial charge in [0.15, 0.2) is 0 Å². The minimum absolute atomic E-state index is 0.738. The normalized spacial score (nSPS) is 18.6. The largest absolute Gasteiger partial charge is 0.159 e. The van der Waals surface area contributed by atoms with E-state index in [1.54, 1.807) is 0 Å². The monoisotopic (exact) mass is 456 g/mol. The molecule has 0 atom stereocenters. The van der Waals surface area contributed by atoms with Crippen molar-refractivity contribution in [3.63, 3.8) is 0 Å². The number of unbranched alkanes of at least 4 members (excludes halogenated alkanes) is 5. The standard InChI is InChI=1S/C32H44N2/c1-3-5-7-8-10-12-27-13-15-29(16-14-27)25-33-34-26-30-19-23-32(24-20-30)31-21-17-28(18-22-31)11-9-6-4-2/h3,13-16,19-20,23-26,28,31H,1,4-12,17-18,21-22H2,2H3/b33-25+,34-26+. The molecular weight excluding hydrogens is 412 g/mol. The van der Waals surface area contributed by atoms with Crippen molar-refractivity contribution in [1.29, 1.82) is 0 Å². The van der Waals surface area contributed by atoms with E-state index in [1.807, 2.05) is 18.5 Å². The van der Waals surface area contributed by atoms with Crippen LogP contribution >= 0.6 is 0 Å². The van der Waals surface area contributed by atoms with Gasteiger partial charge in [-0.25, -0.2) is 0 Å². The third-order valence-corrected chi connectivity index (χ3v) is 7.30. The van der Waals surface area contributed by atoms with Crippen LogP contribution in [-0.2, 0) is 6.42 Å².